The monoisotopic (exact) mass is 427 g/mol. The average molecular weight is 427 g/mol. The Morgan fingerprint density at radius 2 is 2.00 bits per heavy atom. The van der Waals surface area contributed by atoms with Gasteiger partial charge in [-0.2, -0.15) is 0 Å². The molecule has 0 bridgehead atoms. The second-order valence-corrected chi connectivity index (χ2v) is 5.31. The van der Waals surface area contributed by atoms with Gasteiger partial charge < -0.3 is 15.1 Å². The molecule has 126 valence electrons. The highest BCUT2D eigenvalue weighted by atomic mass is 127. The van der Waals surface area contributed by atoms with Crippen LogP contribution in [-0.4, -0.2) is 19.0 Å². The van der Waals surface area contributed by atoms with Gasteiger partial charge in [0, 0.05) is 19.5 Å². The number of halogens is 1. The molecule has 0 spiro atoms. The molecule has 2 aromatic rings. The maximum atomic E-state index is 5.33. The molecule has 23 heavy (non-hydrogen) atoms. The van der Waals surface area contributed by atoms with Gasteiger partial charge in [0.05, 0.1) is 12.3 Å². The largest absolute Gasteiger partial charge is 0.469 e. The first-order valence-electron chi connectivity index (χ1n) is 7.83. The van der Waals surface area contributed by atoms with Gasteiger partial charge in [-0.1, -0.05) is 24.3 Å². The normalized spacial score (nSPS) is 12.4. The number of benzene rings is 1. The van der Waals surface area contributed by atoms with E-state index in [9.17, 15) is 0 Å². The second-order valence-electron chi connectivity index (χ2n) is 5.31. The van der Waals surface area contributed by atoms with Crippen molar-refractivity contribution in [1.82, 2.24) is 10.6 Å². The third-order valence-corrected chi connectivity index (χ3v) is 3.56. The molecule has 0 aliphatic heterocycles. The molecule has 2 rings (SSSR count). The number of furan rings is 1. The van der Waals surface area contributed by atoms with Crippen LogP contribution in [0.2, 0.25) is 0 Å². The molecule has 1 unspecified atom stereocenters. The Hall–Kier alpha value is -1.50. The summed E-state index contributed by atoms with van der Waals surface area (Å²) in [4.78, 5) is 4.62. The van der Waals surface area contributed by atoms with Crippen molar-refractivity contribution in [3.8, 4) is 0 Å². The van der Waals surface area contributed by atoms with Gasteiger partial charge in [0.2, 0.25) is 0 Å². The molecule has 0 radical (unpaired) electrons. The molecule has 2 N–H and O–H groups in total. The lowest BCUT2D eigenvalue weighted by Gasteiger charge is -2.19. The minimum atomic E-state index is 0. The summed E-state index contributed by atoms with van der Waals surface area (Å²) in [5.41, 5.74) is 2.58. The summed E-state index contributed by atoms with van der Waals surface area (Å²) in [5, 5.41) is 6.75. The van der Waals surface area contributed by atoms with Crippen molar-refractivity contribution in [3.63, 3.8) is 0 Å². The van der Waals surface area contributed by atoms with Crippen LogP contribution in [-0.2, 0) is 6.42 Å². The second kappa shape index (κ2) is 10.3. The molecule has 0 fully saturated rings. The molecule has 5 heteroatoms. The van der Waals surface area contributed by atoms with E-state index in [2.05, 4.69) is 60.7 Å². The number of nitrogens with one attached hydrogen (secondary N) is 2. The van der Waals surface area contributed by atoms with E-state index in [1.807, 2.05) is 12.1 Å². The first kappa shape index (κ1) is 19.5. The summed E-state index contributed by atoms with van der Waals surface area (Å²) in [6.07, 6.45) is 2.51. The van der Waals surface area contributed by atoms with Gasteiger partial charge in [-0.15, -0.1) is 24.0 Å². The van der Waals surface area contributed by atoms with E-state index < -0.39 is 0 Å². The van der Waals surface area contributed by atoms with E-state index in [0.29, 0.717) is 6.54 Å². The molecule has 0 saturated heterocycles. The van der Waals surface area contributed by atoms with Gasteiger partial charge in [-0.05, 0) is 44.0 Å². The van der Waals surface area contributed by atoms with E-state index in [-0.39, 0.29) is 30.0 Å². The van der Waals surface area contributed by atoms with Crippen molar-refractivity contribution in [2.24, 2.45) is 4.99 Å². The molecule has 4 nitrogen and oxygen atoms in total. The number of aryl methyl sites for hydroxylation is 1. The highest BCUT2D eigenvalue weighted by Gasteiger charge is 2.09. The Balaban J connectivity index is 0.00000264. The van der Waals surface area contributed by atoms with Crippen LogP contribution >= 0.6 is 24.0 Å². The quantitative estimate of drug-likeness (QED) is 0.415. The zero-order chi connectivity index (χ0) is 15.8. The Labute approximate surface area is 155 Å². The Kier molecular flexibility index (Phi) is 8.76. The summed E-state index contributed by atoms with van der Waals surface area (Å²) >= 11 is 0. The highest BCUT2D eigenvalue weighted by Crippen LogP contribution is 2.16. The van der Waals surface area contributed by atoms with Crippen molar-refractivity contribution >= 4 is 29.9 Å². The lowest BCUT2D eigenvalue weighted by Crippen LogP contribution is -2.39. The van der Waals surface area contributed by atoms with Crippen LogP contribution < -0.4 is 10.6 Å². The van der Waals surface area contributed by atoms with E-state index >= 15 is 0 Å². The van der Waals surface area contributed by atoms with Gasteiger partial charge in [-0.25, -0.2) is 0 Å². The maximum Gasteiger partial charge on any atom is 0.191 e. The van der Waals surface area contributed by atoms with Crippen molar-refractivity contribution in [1.29, 1.82) is 0 Å². The Bertz CT molecular complexity index is 596. The summed E-state index contributed by atoms with van der Waals surface area (Å²) in [6, 6.07) is 12.5. The number of hydrogen-bond donors (Lipinski definition) is 2. The average Bonchev–Trinajstić information content (AvgIpc) is 3.01. The fraction of sp³-hybridized carbons (Fsp3) is 0.389. The molecule has 0 saturated carbocycles. The first-order chi connectivity index (χ1) is 10.7. The third kappa shape index (κ3) is 6.25. The smallest absolute Gasteiger partial charge is 0.191 e. The van der Waals surface area contributed by atoms with Crippen molar-refractivity contribution in [2.45, 2.75) is 33.2 Å². The highest BCUT2D eigenvalue weighted by molar-refractivity contribution is 14.0. The minimum absolute atomic E-state index is 0. The zero-order valence-corrected chi connectivity index (χ0v) is 16.3. The summed E-state index contributed by atoms with van der Waals surface area (Å²) < 4.78 is 5.33. The molecule has 1 aromatic heterocycles. The maximum absolute atomic E-state index is 5.33. The van der Waals surface area contributed by atoms with Crippen LogP contribution in [0.5, 0.6) is 0 Å². The minimum Gasteiger partial charge on any atom is -0.469 e. The van der Waals surface area contributed by atoms with Gasteiger partial charge in [0.25, 0.3) is 0 Å². The number of nitrogens with zero attached hydrogens (tertiary/aromatic N) is 1. The number of guanidine groups is 1. The lowest BCUT2D eigenvalue weighted by atomic mass is 10.0. The van der Waals surface area contributed by atoms with Crippen molar-refractivity contribution < 1.29 is 4.42 Å². The number of aliphatic imine (C=N–C) groups is 1. The first-order valence-corrected chi connectivity index (χ1v) is 7.83. The molecule has 1 heterocycles. The van der Waals surface area contributed by atoms with Gasteiger partial charge >= 0.3 is 0 Å². The SMILES string of the molecule is CCNC(=NCCc1ccco1)NC(C)c1ccccc1C.I. The zero-order valence-electron chi connectivity index (χ0n) is 14.0. The molecular weight excluding hydrogens is 401 g/mol. The Morgan fingerprint density at radius 1 is 1.22 bits per heavy atom. The van der Waals surface area contributed by atoms with E-state index in [0.717, 1.165) is 24.7 Å². The van der Waals surface area contributed by atoms with Crippen LogP contribution in [0, 0.1) is 6.92 Å². The molecule has 1 aromatic carbocycles. The van der Waals surface area contributed by atoms with Gasteiger partial charge in [0.1, 0.15) is 5.76 Å². The van der Waals surface area contributed by atoms with Crippen LogP contribution in [0.4, 0.5) is 0 Å². The van der Waals surface area contributed by atoms with Crippen LogP contribution in [0.3, 0.4) is 0 Å². The van der Waals surface area contributed by atoms with E-state index in [1.54, 1.807) is 6.26 Å². The van der Waals surface area contributed by atoms with E-state index in [1.165, 1.54) is 11.1 Å². The number of hydrogen-bond acceptors (Lipinski definition) is 2. The summed E-state index contributed by atoms with van der Waals surface area (Å²) in [7, 11) is 0. The number of rotatable bonds is 6. The molecular formula is C18H26IN3O. The molecule has 1 atom stereocenters. The fourth-order valence-electron chi connectivity index (χ4n) is 2.41. The van der Waals surface area contributed by atoms with Gasteiger partial charge in [0.15, 0.2) is 5.96 Å². The van der Waals surface area contributed by atoms with E-state index in [4.69, 9.17) is 4.42 Å². The lowest BCUT2D eigenvalue weighted by molar-refractivity contribution is 0.510. The summed E-state index contributed by atoms with van der Waals surface area (Å²) in [6.45, 7) is 7.90. The Morgan fingerprint density at radius 3 is 2.65 bits per heavy atom. The van der Waals surface area contributed by atoms with Crippen LogP contribution in [0.25, 0.3) is 0 Å². The standard InChI is InChI=1S/C18H25N3O.HI/c1-4-19-18(20-12-11-16-9-7-13-22-16)21-15(3)17-10-6-5-8-14(17)2;/h5-10,13,15H,4,11-12H2,1-3H3,(H2,19,20,21);1H. The predicted molar refractivity (Wildman–Crippen MR) is 107 cm³/mol. The topological polar surface area (TPSA) is 49.6 Å². The van der Waals surface area contributed by atoms with Crippen molar-refractivity contribution in [2.75, 3.05) is 13.1 Å². The summed E-state index contributed by atoms with van der Waals surface area (Å²) in [5.74, 6) is 1.80. The fourth-order valence-corrected chi connectivity index (χ4v) is 2.41. The van der Waals surface area contributed by atoms with Crippen LogP contribution in [0.1, 0.15) is 36.8 Å². The molecule has 0 amide bonds. The van der Waals surface area contributed by atoms with Crippen molar-refractivity contribution in [3.05, 3.63) is 59.5 Å². The molecule has 0 aliphatic carbocycles. The third-order valence-electron chi connectivity index (χ3n) is 3.56. The molecule has 0 aliphatic rings. The van der Waals surface area contributed by atoms with Gasteiger partial charge in [-0.3, -0.25) is 4.99 Å². The predicted octanol–water partition coefficient (Wildman–Crippen LogP) is 4.06. The van der Waals surface area contributed by atoms with Crippen LogP contribution in [0.15, 0.2) is 52.1 Å².